The molecule has 0 aromatic heterocycles. The van der Waals surface area contributed by atoms with E-state index in [1.807, 2.05) is 12.2 Å². The molecule has 1 aliphatic carbocycles. The van der Waals surface area contributed by atoms with E-state index in [2.05, 4.69) is 0 Å². The average molecular weight is 515 g/mol. The molecule has 2 aliphatic heterocycles. The monoisotopic (exact) mass is 514 g/mol. The number of hydrogen-bond donors (Lipinski definition) is 0. The highest BCUT2D eigenvalue weighted by Crippen LogP contribution is 2.55. The van der Waals surface area contributed by atoms with Crippen LogP contribution in [0.1, 0.15) is 12.8 Å². The molecule has 2 heterocycles. The number of allylic oxidation sites excluding steroid dienone is 4. The molecule has 0 unspecified atom stereocenters. The van der Waals surface area contributed by atoms with Gasteiger partial charge >= 0.3 is 23.9 Å². The van der Waals surface area contributed by atoms with E-state index in [1.165, 1.54) is 75.5 Å². The maximum Gasteiger partial charge on any atom is 0.346 e. The first-order chi connectivity index (χ1) is 15.3. The molecule has 0 spiro atoms. The van der Waals surface area contributed by atoms with Gasteiger partial charge in [0.25, 0.3) is 0 Å². The molecule has 8 nitrogen and oxygen atoms in total. The average Bonchev–Trinajstić information content (AvgIpc) is 3.47. The largest absolute Gasteiger partial charge is 0.465 e. The highest BCUT2D eigenvalue weighted by Gasteiger charge is 2.35. The fourth-order valence-corrected chi connectivity index (χ4v) is 7.90. The lowest BCUT2D eigenvalue weighted by Crippen LogP contribution is -2.08. The van der Waals surface area contributed by atoms with Gasteiger partial charge in [0.05, 0.1) is 36.9 Å². The fourth-order valence-electron chi connectivity index (χ4n) is 2.75. The first kappa shape index (κ1) is 24.6. The standard InChI is InChI=1S/C20H18O8S4/c1-25-15(21)11-12(16(22)26-2)30-19(29-11)9-5-7-10(8-6-9)20-31-13(17(23)27-3)14(32-20)18(24)28-4/h5,7H,6,8H2,1-4H3. The van der Waals surface area contributed by atoms with Crippen LogP contribution in [-0.4, -0.2) is 52.3 Å². The van der Waals surface area contributed by atoms with Gasteiger partial charge in [0, 0.05) is 0 Å². The molecular weight excluding hydrogens is 496 g/mol. The van der Waals surface area contributed by atoms with Crippen molar-refractivity contribution in [3.8, 4) is 0 Å². The highest BCUT2D eigenvalue weighted by molar-refractivity contribution is 8.29. The number of hydrogen-bond acceptors (Lipinski definition) is 12. The Morgan fingerprint density at radius 3 is 1.00 bits per heavy atom. The molecule has 0 bridgehead atoms. The van der Waals surface area contributed by atoms with Crippen LogP contribution in [-0.2, 0) is 38.1 Å². The summed E-state index contributed by atoms with van der Waals surface area (Å²) in [6.45, 7) is 0. The molecule has 0 atom stereocenters. The molecule has 0 N–H and O–H groups in total. The summed E-state index contributed by atoms with van der Waals surface area (Å²) in [4.78, 5) is 49.1. The van der Waals surface area contributed by atoms with Crippen LogP contribution >= 0.6 is 47.0 Å². The van der Waals surface area contributed by atoms with Crippen molar-refractivity contribution in [1.82, 2.24) is 0 Å². The molecule has 0 saturated carbocycles. The smallest absolute Gasteiger partial charge is 0.346 e. The molecule has 0 saturated heterocycles. The zero-order chi connectivity index (χ0) is 23.4. The van der Waals surface area contributed by atoms with Gasteiger partial charge in [-0.05, 0) is 24.0 Å². The van der Waals surface area contributed by atoms with E-state index in [9.17, 15) is 19.2 Å². The van der Waals surface area contributed by atoms with Crippen LogP contribution in [0, 0.1) is 0 Å². The summed E-state index contributed by atoms with van der Waals surface area (Å²) in [5.74, 6) is -2.35. The Kier molecular flexibility index (Phi) is 8.26. The Bertz CT molecular complexity index is 906. The summed E-state index contributed by atoms with van der Waals surface area (Å²) < 4.78 is 20.7. The SMILES string of the molecule is COC(=O)C1=C(C(=O)OC)SC(=C2C=CC(=C3SC(C(=O)OC)=C(C(=O)OC)S3)CC2)S1. The van der Waals surface area contributed by atoms with Gasteiger partial charge in [-0.25, -0.2) is 19.2 Å². The van der Waals surface area contributed by atoms with E-state index in [1.54, 1.807) is 0 Å². The third kappa shape index (κ3) is 4.98. The minimum absolute atomic E-state index is 0.209. The van der Waals surface area contributed by atoms with Crippen LogP contribution in [0.5, 0.6) is 0 Å². The Labute approximate surface area is 201 Å². The van der Waals surface area contributed by atoms with Gasteiger partial charge in [0.15, 0.2) is 0 Å². The molecule has 0 aromatic carbocycles. The van der Waals surface area contributed by atoms with Crippen LogP contribution in [0.4, 0.5) is 0 Å². The van der Waals surface area contributed by atoms with Crippen molar-refractivity contribution in [1.29, 1.82) is 0 Å². The molecule has 12 heteroatoms. The van der Waals surface area contributed by atoms with Crippen LogP contribution in [0.3, 0.4) is 0 Å². The molecule has 3 aliphatic rings. The quantitative estimate of drug-likeness (QED) is 0.402. The first-order valence-electron chi connectivity index (χ1n) is 9.02. The molecule has 0 amide bonds. The van der Waals surface area contributed by atoms with Crippen molar-refractivity contribution in [2.45, 2.75) is 12.8 Å². The van der Waals surface area contributed by atoms with Crippen molar-refractivity contribution in [3.63, 3.8) is 0 Å². The van der Waals surface area contributed by atoms with Gasteiger partial charge in [-0.1, -0.05) is 59.2 Å². The summed E-state index contributed by atoms with van der Waals surface area (Å²) >= 11 is 4.75. The molecule has 0 fully saturated rings. The number of ether oxygens (including phenoxy) is 4. The van der Waals surface area contributed by atoms with Gasteiger partial charge in [0.1, 0.15) is 19.6 Å². The number of carbonyl (C=O) groups excluding carboxylic acids is 4. The Morgan fingerprint density at radius 2 is 0.812 bits per heavy atom. The van der Waals surface area contributed by atoms with Crippen molar-refractivity contribution in [2.24, 2.45) is 0 Å². The van der Waals surface area contributed by atoms with Crippen molar-refractivity contribution in [3.05, 3.63) is 51.4 Å². The predicted molar refractivity (Wildman–Crippen MR) is 125 cm³/mol. The van der Waals surface area contributed by atoms with Gasteiger partial charge < -0.3 is 18.9 Å². The fraction of sp³-hybridized carbons (Fsp3) is 0.300. The Balaban J connectivity index is 1.84. The predicted octanol–water partition coefficient (Wildman–Crippen LogP) is 3.83. The Morgan fingerprint density at radius 1 is 0.562 bits per heavy atom. The molecule has 0 aromatic rings. The lowest BCUT2D eigenvalue weighted by Gasteiger charge is -2.15. The second-order valence-corrected chi connectivity index (χ2v) is 10.7. The van der Waals surface area contributed by atoms with Crippen LogP contribution in [0.25, 0.3) is 0 Å². The minimum Gasteiger partial charge on any atom is -0.465 e. The maximum absolute atomic E-state index is 12.1. The van der Waals surface area contributed by atoms with Crippen LogP contribution in [0.2, 0.25) is 0 Å². The summed E-state index contributed by atoms with van der Waals surface area (Å²) in [5, 5.41) is 0. The van der Waals surface area contributed by atoms with Crippen molar-refractivity contribution < 1.29 is 38.1 Å². The van der Waals surface area contributed by atoms with E-state index in [4.69, 9.17) is 18.9 Å². The number of esters is 4. The number of rotatable bonds is 4. The normalized spacial score (nSPS) is 18.4. The number of thioether (sulfide) groups is 4. The van der Waals surface area contributed by atoms with Crippen LogP contribution in [0.15, 0.2) is 51.4 Å². The summed E-state index contributed by atoms with van der Waals surface area (Å²) in [5.41, 5.74) is 1.93. The summed E-state index contributed by atoms with van der Waals surface area (Å²) in [6, 6.07) is 0. The zero-order valence-corrected chi connectivity index (χ0v) is 20.7. The van der Waals surface area contributed by atoms with Gasteiger partial charge in [-0.15, -0.1) is 0 Å². The van der Waals surface area contributed by atoms with Crippen molar-refractivity contribution >= 4 is 70.9 Å². The van der Waals surface area contributed by atoms with Crippen LogP contribution < -0.4 is 0 Å². The summed E-state index contributed by atoms with van der Waals surface area (Å²) in [7, 11) is 5.04. The highest BCUT2D eigenvalue weighted by atomic mass is 32.2. The summed E-state index contributed by atoms with van der Waals surface area (Å²) in [6.07, 6.45) is 5.11. The van der Waals surface area contributed by atoms with E-state index < -0.39 is 23.9 Å². The second kappa shape index (κ2) is 10.7. The molecule has 3 rings (SSSR count). The lowest BCUT2D eigenvalue weighted by molar-refractivity contribution is -0.138. The molecule has 32 heavy (non-hydrogen) atoms. The van der Waals surface area contributed by atoms with E-state index in [0.717, 1.165) is 19.6 Å². The van der Waals surface area contributed by atoms with Gasteiger partial charge in [0.2, 0.25) is 0 Å². The van der Waals surface area contributed by atoms with E-state index in [0.29, 0.717) is 12.8 Å². The maximum atomic E-state index is 12.1. The Hall–Kier alpha value is -2.02. The minimum atomic E-state index is -0.586. The molecule has 170 valence electrons. The second-order valence-electron chi connectivity index (χ2n) is 6.15. The van der Waals surface area contributed by atoms with Crippen molar-refractivity contribution in [2.75, 3.05) is 28.4 Å². The zero-order valence-electron chi connectivity index (χ0n) is 17.5. The van der Waals surface area contributed by atoms with E-state index in [-0.39, 0.29) is 19.6 Å². The first-order valence-corrected chi connectivity index (χ1v) is 12.3. The topological polar surface area (TPSA) is 105 Å². The lowest BCUT2D eigenvalue weighted by atomic mass is 10.00. The van der Waals surface area contributed by atoms with Gasteiger partial charge in [-0.3, -0.25) is 0 Å². The number of carbonyl (C=O) groups is 4. The third-order valence-corrected chi connectivity index (χ3v) is 9.70. The van der Waals surface area contributed by atoms with E-state index >= 15 is 0 Å². The molecular formula is C20H18O8S4. The molecule has 0 radical (unpaired) electrons. The van der Waals surface area contributed by atoms with Gasteiger partial charge in [-0.2, -0.15) is 0 Å². The number of methoxy groups -OCH3 is 4. The third-order valence-electron chi connectivity index (χ3n) is 4.35.